The Morgan fingerprint density at radius 2 is 1.70 bits per heavy atom. The van der Waals surface area contributed by atoms with Crippen molar-refractivity contribution in [2.24, 2.45) is 5.10 Å². The maximum absolute atomic E-state index is 11.5. The van der Waals surface area contributed by atoms with E-state index in [1.165, 1.54) is 6.08 Å². The zero-order valence-electron chi connectivity index (χ0n) is 10.7. The van der Waals surface area contributed by atoms with Crippen molar-refractivity contribution in [1.29, 1.82) is 0 Å². The molecule has 0 unspecified atom stereocenters. The minimum absolute atomic E-state index is 0.262. The molecule has 0 aliphatic rings. The highest BCUT2D eigenvalue weighted by Gasteiger charge is 1.92. The van der Waals surface area contributed by atoms with E-state index >= 15 is 0 Å². The molecule has 100 valence electrons. The number of nitrogens with zero attached hydrogens (tertiary/aromatic N) is 1. The molecule has 2 rings (SSSR count). The Morgan fingerprint density at radius 3 is 2.40 bits per heavy atom. The monoisotopic (exact) mass is 328 g/mol. The second kappa shape index (κ2) is 7.40. The topological polar surface area (TPSA) is 41.5 Å². The van der Waals surface area contributed by atoms with Crippen LogP contribution < -0.4 is 5.43 Å². The first kappa shape index (κ1) is 14.2. The van der Waals surface area contributed by atoms with Gasteiger partial charge in [-0.05, 0) is 29.3 Å². The molecule has 0 atom stereocenters. The van der Waals surface area contributed by atoms with Crippen LogP contribution in [0.1, 0.15) is 11.1 Å². The number of hydrogen-bond acceptors (Lipinski definition) is 2. The number of carbonyl (C=O) groups excluding carboxylic acids is 1. The summed E-state index contributed by atoms with van der Waals surface area (Å²) in [6.07, 6.45) is 4.79. The predicted molar refractivity (Wildman–Crippen MR) is 85.4 cm³/mol. The summed E-state index contributed by atoms with van der Waals surface area (Å²) in [4.78, 5) is 11.5. The fraction of sp³-hybridized carbons (Fsp3) is 0. The Hall–Kier alpha value is -2.20. The highest BCUT2D eigenvalue weighted by molar-refractivity contribution is 9.10. The Morgan fingerprint density at radius 1 is 1.00 bits per heavy atom. The van der Waals surface area contributed by atoms with Crippen molar-refractivity contribution in [3.63, 3.8) is 0 Å². The normalized spacial score (nSPS) is 11.1. The first-order valence-corrected chi connectivity index (χ1v) is 6.85. The molecule has 0 bridgehead atoms. The van der Waals surface area contributed by atoms with Crippen LogP contribution in [0.25, 0.3) is 6.08 Å². The lowest BCUT2D eigenvalue weighted by molar-refractivity contribution is -0.116. The lowest BCUT2D eigenvalue weighted by atomic mass is 10.2. The highest BCUT2D eigenvalue weighted by Crippen LogP contribution is 2.08. The summed E-state index contributed by atoms with van der Waals surface area (Å²) in [6.45, 7) is 0. The zero-order valence-corrected chi connectivity index (χ0v) is 12.2. The maximum atomic E-state index is 11.5. The van der Waals surface area contributed by atoms with Crippen molar-refractivity contribution in [2.75, 3.05) is 0 Å². The molecule has 0 saturated heterocycles. The SMILES string of the molecule is O=C(/C=C/c1ccccc1)N/N=C/c1ccc(Br)cc1. The van der Waals surface area contributed by atoms with Crippen LogP contribution in [0.15, 0.2) is 70.2 Å². The van der Waals surface area contributed by atoms with Crippen molar-refractivity contribution in [1.82, 2.24) is 5.43 Å². The number of carbonyl (C=O) groups is 1. The average Bonchev–Trinajstić information content (AvgIpc) is 2.48. The van der Waals surface area contributed by atoms with Crippen LogP contribution in [-0.2, 0) is 4.79 Å². The summed E-state index contributed by atoms with van der Waals surface area (Å²) in [5.41, 5.74) is 4.34. The Kier molecular flexibility index (Phi) is 5.26. The van der Waals surface area contributed by atoms with E-state index < -0.39 is 0 Å². The van der Waals surface area contributed by atoms with Gasteiger partial charge in [0.1, 0.15) is 0 Å². The largest absolute Gasteiger partial charge is 0.268 e. The van der Waals surface area contributed by atoms with E-state index in [-0.39, 0.29) is 5.91 Å². The molecular formula is C16H13BrN2O. The van der Waals surface area contributed by atoms with Crippen LogP contribution in [0.5, 0.6) is 0 Å². The molecule has 0 saturated carbocycles. The van der Waals surface area contributed by atoms with Crippen LogP contribution in [-0.4, -0.2) is 12.1 Å². The molecule has 0 heterocycles. The minimum Gasteiger partial charge on any atom is -0.268 e. The molecule has 0 radical (unpaired) electrons. The Balaban J connectivity index is 1.86. The number of halogens is 1. The van der Waals surface area contributed by atoms with Crippen molar-refractivity contribution < 1.29 is 4.79 Å². The second-order valence-electron chi connectivity index (χ2n) is 4.03. The van der Waals surface area contributed by atoms with Gasteiger partial charge in [0.2, 0.25) is 0 Å². The van der Waals surface area contributed by atoms with Crippen LogP contribution >= 0.6 is 15.9 Å². The van der Waals surface area contributed by atoms with Gasteiger partial charge in [-0.25, -0.2) is 5.43 Å². The number of benzene rings is 2. The van der Waals surface area contributed by atoms with Gasteiger partial charge in [-0.2, -0.15) is 5.10 Å². The van der Waals surface area contributed by atoms with Gasteiger partial charge in [-0.3, -0.25) is 4.79 Å². The molecule has 0 aliphatic carbocycles. The maximum Gasteiger partial charge on any atom is 0.264 e. The molecule has 1 N–H and O–H groups in total. The molecule has 0 aromatic heterocycles. The first-order chi connectivity index (χ1) is 9.74. The fourth-order valence-electron chi connectivity index (χ4n) is 1.49. The van der Waals surface area contributed by atoms with Crippen LogP contribution in [0.4, 0.5) is 0 Å². The summed E-state index contributed by atoms with van der Waals surface area (Å²) >= 11 is 3.36. The zero-order chi connectivity index (χ0) is 14.2. The van der Waals surface area contributed by atoms with Gasteiger partial charge in [-0.1, -0.05) is 58.4 Å². The van der Waals surface area contributed by atoms with Crippen molar-refractivity contribution in [3.8, 4) is 0 Å². The van der Waals surface area contributed by atoms with Gasteiger partial charge >= 0.3 is 0 Å². The van der Waals surface area contributed by atoms with Gasteiger partial charge in [0.05, 0.1) is 6.21 Å². The first-order valence-electron chi connectivity index (χ1n) is 6.06. The van der Waals surface area contributed by atoms with Crippen molar-refractivity contribution in [3.05, 3.63) is 76.3 Å². The Bertz CT molecular complexity index is 619. The van der Waals surface area contributed by atoms with E-state index in [4.69, 9.17) is 0 Å². The summed E-state index contributed by atoms with van der Waals surface area (Å²) in [5.74, 6) is -0.262. The predicted octanol–water partition coefficient (Wildman–Crippen LogP) is 3.61. The fourth-order valence-corrected chi connectivity index (χ4v) is 1.76. The quantitative estimate of drug-likeness (QED) is 0.520. The van der Waals surface area contributed by atoms with E-state index in [2.05, 4.69) is 26.5 Å². The smallest absolute Gasteiger partial charge is 0.264 e. The van der Waals surface area contributed by atoms with Gasteiger partial charge < -0.3 is 0 Å². The summed E-state index contributed by atoms with van der Waals surface area (Å²) in [7, 11) is 0. The summed E-state index contributed by atoms with van der Waals surface area (Å²) < 4.78 is 1.00. The Labute approximate surface area is 126 Å². The van der Waals surface area contributed by atoms with Gasteiger partial charge in [0.15, 0.2) is 0 Å². The number of hydrogen-bond donors (Lipinski definition) is 1. The lowest BCUT2D eigenvalue weighted by Gasteiger charge is -1.95. The molecule has 0 fully saturated rings. The second-order valence-corrected chi connectivity index (χ2v) is 4.95. The summed E-state index contributed by atoms with van der Waals surface area (Å²) in [6, 6.07) is 17.3. The highest BCUT2D eigenvalue weighted by atomic mass is 79.9. The molecule has 4 heteroatoms. The van der Waals surface area contributed by atoms with Crippen LogP contribution in [0.2, 0.25) is 0 Å². The van der Waals surface area contributed by atoms with Crippen molar-refractivity contribution in [2.45, 2.75) is 0 Å². The number of amides is 1. The van der Waals surface area contributed by atoms with Gasteiger partial charge in [-0.15, -0.1) is 0 Å². The molecule has 3 nitrogen and oxygen atoms in total. The van der Waals surface area contributed by atoms with Gasteiger partial charge in [0, 0.05) is 10.5 Å². The molecular weight excluding hydrogens is 316 g/mol. The summed E-state index contributed by atoms with van der Waals surface area (Å²) in [5, 5.41) is 3.89. The average molecular weight is 329 g/mol. The third-order valence-corrected chi connectivity index (χ3v) is 3.01. The minimum atomic E-state index is -0.262. The van der Waals surface area contributed by atoms with E-state index in [0.29, 0.717) is 0 Å². The third-order valence-electron chi connectivity index (χ3n) is 2.49. The standard InChI is InChI=1S/C16H13BrN2O/c17-15-9-6-14(7-10-15)12-18-19-16(20)11-8-13-4-2-1-3-5-13/h1-12H,(H,19,20)/b11-8+,18-12+. The van der Waals surface area contributed by atoms with E-state index in [1.54, 1.807) is 12.3 Å². The third kappa shape index (κ3) is 4.82. The number of hydrazone groups is 1. The van der Waals surface area contributed by atoms with Gasteiger partial charge in [0.25, 0.3) is 5.91 Å². The van der Waals surface area contributed by atoms with Crippen LogP contribution in [0.3, 0.4) is 0 Å². The van der Waals surface area contributed by atoms with E-state index in [9.17, 15) is 4.79 Å². The van der Waals surface area contributed by atoms with E-state index in [1.807, 2.05) is 54.6 Å². The van der Waals surface area contributed by atoms with Crippen molar-refractivity contribution >= 4 is 34.1 Å². The lowest BCUT2D eigenvalue weighted by Crippen LogP contribution is -2.14. The molecule has 1 amide bonds. The molecule has 20 heavy (non-hydrogen) atoms. The molecule has 2 aromatic carbocycles. The number of nitrogens with one attached hydrogen (secondary N) is 1. The molecule has 0 aliphatic heterocycles. The number of rotatable bonds is 4. The van der Waals surface area contributed by atoms with E-state index in [0.717, 1.165) is 15.6 Å². The molecule has 0 spiro atoms. The molecule has 2 aromatic rings. The van der Waals surface area contributed by atoms with Crippen LogP contribution in [0, 0.1) is 0 Å².